The molecule has 0 aliphatic rings. The molecule has 4 rings (SSSR count). The van der Waals surface area contributed by atoms with E-state index in [-0.39, 0.29) is 21.5 Å². The second kappa shape index (κ2) is 7.10. The maximum atomic E-state index is 12.8. The van der Waals surface area contributed by atoms with Gasteiger partial charge in [-0.15, -0.1) is 0 Å². The van der Waals surface area contributed by atoms with Crippen molar-refractivity contribution in [3.8, 4) is 0 Å². The molecule has 0 aliphatic carbocycles. The van der Waals surface area contributed by atoms with Crippen LogP contribution in [0, 0.1) is 0 Å². The molecule has 2 heterocycles. The minimum atomic E-state index is -3.98. The van der Waals surface area contributed by atoms with E-state index in [0.29, 0.717) is 27.5 Å². The van der Waals surface area contributed by atoms with Crippen LogP contribution in [0.15, 0.2) is 64.2 Å². The molecule has 0 aliphatic heterocycles. The summed E-state index contributed by atoms with van der Waals surface area (Å²) in [5, 5.41) is 1.76. The van der Waals surface area contributed by atoms with Gasteiger partial charge < -0.3 is 4.42 Å². The van der Waals surface area contributed by atoms with Crippen LogP contribution in [0.2, 0.25) is 10.0 Å². The molecule has 4 aromatic rings. The van der Waals surface area contributed by atoms with Gasteiger partial charge >= 0.3 is 0 Å². The van der Waals surface area contributed by atoms with Crippen molar-refractivity contribution in [2.24, 2.45) is 0 Å². The first-order valence-electron chi connectivity index (χ1n) is 7.79. The number of nitrogens with one attached hydrogen (secondary N) is 1. The number of nitrogens with zero attached hydrogens (tertiary/aromatic N) is 1. The molecule has 2 aromatic carbocycles. The zero-order valence-electron chi connectivity index (χ0n) is 13.6. The smallest absolute Gasteiger partial charge is 0.263 e. The second-order valence-electron chi connectivity index (χ2n) is 5.68. The topological polar surface area (TPSA) is 81.4 Å². The Kier molecular flexibility index (Phi) is 4.79. The van der Waals surface area contributed by atoms with Crippen molar-refractivity contribution in [1.82, 2.24) is 9.87 Å². The van der Waals surface area contributed by atoms with Crippen LogP contribution in [0.3, 0.4) is 0 Å². The molecule has 6 nitrogen and oxygen atoms in total. The summed E-state index contributed by atoms with van der Waals surface area (Å²) in [6.07, 6.45) is 2.80. The van der Waals surface area contributed by atoms with Crippen LogP contribution in [0.4, 0.5) is 0 Å². The normalized spacial score (nSPS) is 12.1. The number of rotatable bonds is 5. The summed E-state index contributed by atoms with van der Waals surface area (Å²) in [7, 11) is -3.98. The van der Waals surface area contributed by atoms with Crippen molar-refractivity contribution in [2.45, 2.75) is 11.5 Å². The van der Waals surface area contributed by atoms with Crippen molar-refractivity contribution in [1.29, 1.82) is 0 Å². The van der Waals surface area contributed by atoms with E-state index in [1.807, 2.05) is 12.1 Å². The number of benzene rings is 2. The van der Waals surface area contributed by atoms with E-state index in [0.717, 1.165) is 0 Å². The lowest BCUT2D eigenvalue weighted by Gasteiger charge is -2.10. The van der Waals surface area contributed by atoms with E-state index < -0.39 is 10.0 Å². The minimum Gasteiger partial charge on any atom is -0.456 e. The molecule has 0 saturated heterocycles. The molecule has 0 spiro atoms. The van der Waals surface area contributed by atoms with Gasteiger partial charge in [-0.25, -0.2) is 8.42 Å². The van der Waals surface area contributed by atoms with E-state index >= 15 is 0 Å². The average molecular weight is 423 g/mol. The Bertz CT molecular complexity index is 1230. The van der Waals surface area contributed by atoms with Gasteiger partial charge in [0.2, 0.25) is 0 Å². The number of pyridine rings is 1. The highest BCUT2D eigenvalue weighted by molar-refractivity contribution is 7.89. The van der Waals surface area contributed by atoms with Crippen molar-refractivity contribution in [3.63, 3.8) is 0 Å². The fraction of sp³-hybridized carbons (Fsp3) is 0.0556. The number of halogens is 2. The molecule has 2 aromatic heterocycles. The lowest BCUT2D eigenvalue weighted by Crippen LogP contribution is -2.24. The number of aromatic nitrogens is 1. The highest BCUT2D eigenvalue weighted by Crippen LogP contribution is 2.33. The number of hydrogen-bond donors (Lipinski definition) is 1. The second-order valence-corrected chi connectivity index (χ2v) is 8.11. The highest BCUT2D eigenvalue weighted by atomic mass is 35.5. The lowest BCUT2D eigenvalue weighted by atomic mass is 10.1. The molecule has 1 N–H and O–H groups in total. The highest BCUT2D eigenvalue weighted by Gasteiger charge is 2.21. The molecule has 27 heavy (non-hydrogen) atoms. The average Bonchev–Trinajstić information content (AvgIpc) is 3.02. The fourth-order valence-electron chi connectivity index (χ4n) is 2.77. The third kappa shape index (κ3) is 3.40. The zero-order valence-corrected chi connectivity index (χ0v) is 16.0. The van der Waals surface area contributed by atoms with Gasteiger partial charge in [-0.05, 0) is 18.2 Å². The van der Waals surface area contributed by atoms with Crippen molar-refractivity contribution in [2.75, 3.05) is 0 Å². The van der Waals surface area contributed by atoms with Gasteiger partial charge in [0.1, 0.15) is 11.2 Å². The Morgan fingerprint density at radius 2 is 1.70 bits per heavy atom. The molecular formula is C18H12Cl2N2O4S. The first-order chi connectivity index (χ1) is 13.0. The fourth-order valence-corrected chi connectivity index (χ4v) is 4.28. The van der Waals surface area contributed by atoms with Gasteiger partial charge in [-0.1, -0.05) is 52.4 Å². The van der Waals surface area contributed by atoms with Crippen LogP contribution >= 0.6 is 23.2 Å². The molecule has 0 bridgehead atoms. The summed E-state index contributed by atoms with van der Waals surface area (Å²) in [6, 6.07) is 12.0. The van der Waals surface area contributed by atoms with Crippen LogP contribution in [0.5, 0.6) is 0 Å². The number of para-hydroxylation sites is 1. The molecule has 0 unspecified atom stereocenters. The van der Waals surface area contributed by atoms with Gasteiger partial charge in [0.15, 0.2) is 0 Å². The molecule has 0 fully saturated rings. The molecular weight excluding hydrogens is 411 g/mol. The van der Waals surface area contributed by atoms with E-state index in [4.69, 9.17) is 32.5 Å². The van der Waals surface area contributed by atoms with Crippen LogP contribution < -0.4 is 4.89 Å². The standard InChI is InChI=1S/C18H12Cl2N2O4S/c19-13-8-21-9-14(20)12(13)10-25-22-27(23,24)17-7-3-6-16-18(17)11-4-1-2-5-15(11)26-16/h1-9,22H,10H2. The summed E-state index contributed by atoms with van der Waals surface area (Å²) < 4.78 is 31.3. The number of sulfonamides is 1. The van der Waals surface area contributed by atoms with Gasteiger partial charge in [-0.3, -0.25) is 9.82 Å². The van der Waals surface area contributed by atoms with Crippen LogP contribution in [-0.2, 0) is 21.5 Å². The van der Waals surface area contributed by atoms with E-state index in [1.165, 1.54) is 18.5 Å². The Hall–Kier alpha value is -2.16. The van der Waals surface area contributed by atoms with E-state index in [9.17, 15) is 8.42 Å². The molecule has 138 valence electrons. The van der Waals surface area contributed by atoms with Gasteiger partial charge in [0.25, 0.3) is 10.0 Å². The van der Waals surface area contributed by atoms with Gasteiger partial charge in [0, 0.05) is 28.7 Å². The number of hydrogen-bond acceptors (Lipinski definition) is 5. The SMILES string of the molecule is O=S(=O)(NOCc1c(Cl)cncc1Cl)c1cccc2oc3ccccc3c12. The van der Waals surface area contributed by atoms with Crippen molar-refractivity contribution in [3.05, 3.63) is 70.5 Å². The van der Waals surface area contributed by atoms with Gasteiger partial charge in [0.05, 0.1) is 21.5 Å². The summed E-state index contributed by atoms with van der Waals surface area (Å²) in [5.41, 5.74) is 1.51. The van der Waals surface area contributed by atoms with Crippen molar-refractivity contribution >= 4 is 55.2 Å². The Morgan fingerprint density at radius 1 is 1.00 bits per heavy atom. The maximum Gasteiger partial charge on any atom is 0.263 e. The van der Waals surface area contributed by atoms with E-state index in [1.54, 1.807) is 24.3 Å². The Morgan fingerprint density at radius 3 is 2.48 bits per heavy atom. The predicted octanol–water partition coefficient (Wildman–Crippen LogP) is 4.70. The predicted molar refractivity (Wildman–Crippen MR) is 103 cm³/mol. The van der Waals surface area contributed by atoms with Crippen LogP contribution in [-0.4, -0.2) is 13.4 Å². The molecule has 0 amide bonds. The molecule has 0 radical (unpaired) electrons. The van der Waals surface area contributed by atoms with Crippen LogP contribution in [0.25, 0.3) is 21.9 Å². The zero-order chi connectivity index (χ0) is 19.0. The first-order valence-corrected chi connectivity index (χ1v) is 10.0. The van der Waals surface area contributed by atoms with Crippen molar-refractivity contribution < 1.29 is 17.7 Å². The molecule has 0 saturated carbocycles. The lowest BCUT2D eigenvalue weighted by molar-refractivity contribution is 0.0796. The number of furan rings is 1. The molecule has 9 heteroatoms. The van der Waals surface area contributed by atoms with Gasteiger partial charge in [-0.2, -0.15) is 0 Å². The summed E-state index contributed by atoms with van der Waals surface area (Å²) in [5.74, 6) is 0. The third-order valence-electron chi connectivity index (χ3n) is 3.99. The summed E-state index contributed by atoms with van der Waals surface area (Å²) in [6.45, 7) is -0.151. The Labute approximate surface area is 164 Å². The summed E-state index contributed by atoms with van der Waals surface area (Å²) >= 11 is 12.0. The third-order valence-corrected chi connectivity index (χ3v) is 5.90. The maximum absolute atomic E-state index is 12.8. The number of fused-ring (bicyclic) bond motifs is 3. The monoisotopic (exact) mass is 422 g/mol. The quantitative estimate of drug-likeness (QED) is 0.471. The largest absolute Gasteiger partial charge is 0.456 e. The van der Waals surface area contributed by atoms with E-state index in [2.05, 4.69) is 9.87 Å². The Balaban J connectivity index is 1.66. The van der Waals surface area contributed by atoms with Crippen LogP contribution in [0.1, 0.15) is 5.56 Å². The summed E-state index contributed by atoms with van der Waals surface area (Å²) in [4.78, 5) is 11.2. The minimum absolute atomic E-state index is 0.0527. The molecule has 0 atom stereocenters. The first kappa shape index (κ1) is 18.2.